The summed E-state index contributed by atoms with van der Waals surface area (Å²) in [6, 6.07) is 26.6. The number of hydrogen-bond donors (Lipinski definition) is 4. The molecule has 0 spiro atoms. The van der Waals surface area contributed by atoms with Crippen LogP contribution in [0.1, 0.15) is 174 Å². The van der Waals surface area contributed by atoms with Gasteiger partial charge in [0.2, 0.25) is 21.7 Å². The third kappa shape index (κ3) is 34.9. The Morgan fingerprint density at radius 1 is 0.425 bits per heavy atom. The summed E-state index contributed by atoms with van der Waals surface area (Å²) in [5.74, 6) is -8.63. The summed E-state index contributed by atoms with van der Waals surface area (Å²) in [5.41, 5.74) is -2.17. The molecule has 0 radical (unpaired) electrons. The average molecular weight is 2390 g/mol. The first kappa shape index (κ1) is 133. The fourth-order valence-electron chi connectivity index (χ4n) is 14.4. The SMILES string of the molecule is CC(C)[C@@H](CO)n1cc(C(=O)O)c(=O)c2cc(Cc3cccc(Cl)c3F)c(F)cc21.CCOC(=O)c1cn([C@H](COC(=O)OC)C(C)C)c2cc(F)c(Cc3cccc(Cl)c3F)cc2c1=O.CCOC(=O)c1cn([C@H](COC(=O)OC)C(C)C)c2cc(F)c(I)cc2c1=O.COC(=O)Cl.COc1cc2c(cc1Cc1cccc(Cl)c1F)c(=O)c(C(=O)O)cn2[C@H](CO)C(C)C.C[O-].[CH2-]c1cccc(Cl)c1F.[Na+].[Na+].[OH-].[Zn+][Br]. The molecule has 0 saturated heterocycles. The van der Waals surface area contributed by atoms with E-state index >= 15 is 4.39 Å². The third-order valence-electron chi connectivity index (χ3n) is 21.7. The fourth-order valence-corrected chi connectivity index (χ4v) is 15.6. The Hall–Kier alpha value is -9.21. The predicted molar refractivity (Wildman–Crippen MR) is 538 cm³/mol. The molecule has 0 aliphatic rings. The van der Waals surface area contributed by atoms with E-state index in [1.165, 1.54) is 145 Å². The Morgan fingerprint density at radius 3 is 0.993 bits per heavy atom. The number of ether oxygens (including phenoxy) is 8. The normalized spacial score (nSPS) is 11.4. The maximum atomic E-state index is 15.3. The van der Waals surface area contributed by atoms with Gasteiger partial charge in [0.25, 0.3) is 0 Å². The van der Waals surface area contributed by atoms with Gasteiger partial charge in [-0.25, -0.2) is 59.9 Å². The molecule has 4 aromatic heterocycles. The molecule has 5 N–H and O–H groups in total. The van der Waals surface area contributed by atoms with Gasteiger partial charge in [-0.1, -0.05) is 144 Å². The van der Waals surface area contributed by atoms with E-state index in [1.807, 2.05) is 55.4 Å². The number of hydrogen-bond acceptors (Lipinski definition) is 23. The van der Waals surface area contributed by atoms with Crippen LogP contribution >= 0.6 is 94.2 Å². The molecule has 0 amide bonds. The summed E-state index contributed by atoms with van der Waals surface area (Å²) in [4.78, 5) is 132. The molecular formula is C100H102BrCl5F7IN4Na2O25Zn. The summed E-state index contributed by atoms with van der Waals surface area (Å²) >= 11 is 33.6. The number of rotatable bonds is 27. The van der Waals surface area contributed by atoms with Crippen molar-refractivity contribution >= 4 is 179 Å². The van der Waals surface area contributed by atoms with Gasteiger partial charge >= 0.3 is 131 Å². The van der Waals surface area contributed by atoms with Gasteiger partial charge in [-0.2, -0.15) is 25.7 Å². The van der Waals surface area contributed by atoms with Gasteiger partial charge in [-0.3, -0.25) is 23.6 Å². The van der Waals surface area contributed by atoms with Crippen LogP contribution in [0.5, 0.6) is 5.75 Å². The van der Waals surface area contributed by atoms with E-state index in [2.05, 4.69) is 46.4 Å². The number of carbonyl (C=O) groups is 7. The van der Waals surface area contributed by atoms with Crippen molar-refractivity contribution in [2.24, 2.45) is 23.7 Å². The number of aliphatic hydroxyl groups is 2. The first-order valence-electron chi connectivity index (χ1n) is 43.1. The Labute approximate surface area is 934 Å². The predicted octanol–water partition coefficient (Wildman–Crippen LogP) is 15.6. The van der Waals surface area contributed by atoms with Crippen molar-refractivity contribution in [2.75, 3.05) is 75.2 Å². The van der Waals surface area contributed by atoms with E-state index in [9.17, 15) is 99.5 Å². The number of esters is 2. The van der Waals surface area contributed by atoms with Crippen molar-refractivity contribution < 1.29 is 209 Å². The molecule has 146 heavy (non-hydrogen) atoms. The van der Waals surface area contributed by atoms with Crippen LogP contribution in [0, 0.1) is 74.9 Å². The van der Waals surface area contributed by atoms with Crippen LogP contribution in [-0.4, -0.2) is 161 Å². The topological polar surface area (TPSA) is 415 Å². The molecule has 46 heteroatoms. The Kier molecular flexibility index (Phi) is 58.0. The van der Waals surface area contributed by atoms with Gasteiger partial charge in [0.1, 0.15) is 76.1 Å². The monoisotopic (exact) mass is 2380 g/mol. The van der Waals surface area contributed by atoms with Crippen LogP contribution in [0.4, 0.5) is 45.1 Å². The molecule has 4 atom stereocenters. The third-order valence-corrected chi connectivity index (χ3v) is 23.9. The minimum absolute atomic E-state index is 0. The number of pyridine rings is 4. The van der Waals surface area contributed by atoms with Crippen LogP contribution in [0.25, 0.3) is 43.6 Å². The molecule has 8 aromatic carbocycles. The Bertz CT molecular complexity index is 6840. The summed E-state index contributed by atoms with van der Waals surface area (Å²) in [7, 11) is 5.78. The number of aromatic nitrogens is 4. The van der Waals surface area contributed by atoms with Crippen molar-refractivity contribution in [1.82, 2.24) is 18.3 Å². The van der Waals surface area contributed by atoms with E-state index < -0.39 is 139 Å². The van der Waals surface area contributed by atoms with E-state index in [0.717, 1.165) is 25.4 Å². The van der Waals surface area contributed by atoms with Crippen molar-refractivity contribution in [3.05, 3.63) is 320 Å². The molecule has 0 saturated carbocycles. The van der Waals surface area contributed by atoms with Crippen LogP contribution in [0.15, 0.2) is 165 Å². The van der Waals surface area contributed by atoms with Crippen LogP contribution in [0.3, 0.4) is 0 Å². The van der Waals surface area contributed by atoms with Crippen molar-refractivity contribution in [3.63, 3.8) is 0 Å². The van der Waals surface area contributed by atoms with Gasteiger partial charge < -0.3 is 87.2 Å². The molecule has 12 rings (SSSR count). The number of carbonyl (C=O) groups excluding carboxylic acids is 5. The summed E-state index contributed by atoms with van der Waals surface area (Å²) < 4.78 is 145. The van der Waals surface area contributed by atoms with Crippen molar-refractivity contribution in [1.29, 1.82) is 0 Å². The van der Waals surface area contributed by atoms with Gasteiger partial charge in [0.15, 0.2) is 0 Å². The zero-order chi connectivity index (χ0) is 108. The molecule has 0 aliphatic heterocycles. The fraction of sp³-hybridized carbons (Fsp3) is 0.320. The Balaban J connectivity index is 0.000000618. The number of halogens is 14. The number of methoxy groups -OCH3 is 4. The molecule has 0 fully saturated rings. The molecule has 4 heterocycles. The number of aliphatic hydroxyl groups excluding tert-OH is 2. The van der Waals surface area contributed by atoms with Crippen LogP contribution in [-0.2, 0) is 68.8 Å². The zero-order valence-corrected chi connectivity index (χ0v) is 96.7. The van der Waals surface area contributed by atoms with Gasteiger partial charge in [-0.15, -0.1) is 6.07 Å². The second-order valence-electron chi connectivity index (χ2n) is 32.0. The molecule has 0 aliphatic carbocycles. The molecular weight excluding hydrogens is 2290 g/mol. The number of fused-ring (bicyclic) bond motifs is 4. The first-order valence-corrected chi connectivity index (χ1v) is 53.0. The molecule has 0 unspecified atom stereocenters. The minimum atomic E-state index is -1.43. The number of carboxylic acid groups (broad SMARTS) is 2. The van der Waals surface area contributed by atoms with Crippen LogP contribution in [0.2, 0.25) is 20.1 Å². The van der Waals surface area contributed by atoms with Crippen LogP contribution < -0.4 is 90.7 Å². The Morgan fingerprint density at radius 2 is 0.705 bits per heavy atom. The van der Waals surface area contributed by atoms with Gasteiger partial charge in [-0.05, 0) is 154 Å². The molecule has 0 bridgehead atoms. The zero-order valence-electron chi connectivity index (χ0n) is 82.2. The number of aromatic carboxylic acids is 2. The van der Waals surface area contributed by atoms with Gasteiger partial charge in [0.05, 0.1) is 116 Å². The maximum absolute atomic E-state index is 15.3. The number of carboxylic acids is 2. The number of benzene rings is 8. The summed E-state index contributed by atoms with van der Waals surface area (Å²) in [6.45, 7) is 20.8. The van der Waals surface area contributed by atoms with Gasteiger partial charge in [0, 0.05) is 97.7 Å². The average Bonchev–Trinajstić information content (AvgIpc) is 0.770. The second-order valence-corrected chi connectivity index (χ2v) is 35.1. The van der Waals surface area contributed by atoms with Crippen molar-refractivity contribution in [2.45, 2.75) is 113 Å². The number of nitrogens with zero attached hydrogens (tertiary/aromatic N) is 4. The van der Waals surface area contributed by atoms with E-state index in [1.54, 1.807) is 82.0 Å². The first-order chi connectivity index (χ1) is 67.6. The second kappa shape index (κ2) is 63.7. The standard InChI is InChI=1S/C26H26ClF2NO6.C23H23ClFNO5.C22H20ClF2NO4.C19H21FINO6.C7H5ClF.C2H3ClO2.CH3O.BrH.2Na.H2O.Zn/c1-5-35-25(32)18-12-30(22(14(2)3)13-36-26(33)34-4)21-11-20(28)16(10-17(21)24(18)31)9-15-7-6-8-19(27)23(15)29;1-12(2)19(11-27)26-10-16(23(29)30)22(28)15-8-14(20(31-3)9-18(15)26)7-13-5-4-6-17(24)21(13)25;1-11(2)19(10-27)26-9-15(22(29)30)21(28)14-7-13(17(24)8-18(14)26)6-12-4-3-5-16(23)20(12)25;1-5-27-18(24)12-8-22(16(10(2)3)9-28-19(25)26-4)15-7-13(20)14(21)6-11(15)17(12)23;1-5-3-2-4-6(8)7(5)9;1-5-2(3)4;1-2;;;;;/h6-8,10-12,14,22H,5,9,13H2,1-4H3;4-6,8-10,12,19,27H,7,11H2,1-3H3,(H,29,30);3-5,7-9,11,19,27H,6,10H2,1-2H3,(H,29,30);6-8,10,16H,5,9H2,1-4H3;2-4H,1H2;1H3;1H3;1H;;;1H2;/q;;;;-1;;-1;;2*+1;;+2/p-2/t22-;2*19-;16-;;;;;;;;/m1111......../s1. The summed E-state index contributed by atoms with van der Waals surface area (Å²) in [5, 5.41) is 47.2. The van der Waals surface area contributed by atoms with E-state index in [0.29, 0.717) is 33.5 Å². The summed E-state index contributed by atoms with van der Waals surface area (Å²) in [6.07, 6.45) is 2.98. The molecule has 774 valence electrons. The van der Waals surface area contributed by atoms with E-state index in [4.69, 9.17) is 75.2 Å². The van der Waals surface area contributed by atoms with E-state index in [-0.39, 0.29) is 237 Å². The van der Waals surface area contributed by atoms with Crippen molar-refractivity contribution in [3.8, 4) is 5.75 Å². The quantitative estimate of drug-likeness (QED) is 0.00706. The molecule has 29 nitrogen and oxygen atoms in total. The molecule has 12 aromatic rings.